The summed E-state index contributed by atoms with van der Waals surface area (Å²) < 4.78 is 5.26. The van der Waals surface area contributed by atoms with Gasteiger partial charge in [0.25, 0.3) is 11.8 Å². The Morgan fingerprint density at radius 1 is 0.971 bits per heavy atom. The molecular weight excluding hydrogens is 446 g/mol. The fourth-order valence-electron chi connectivity index (χ4n) is 4.44. The molecule has 4 rings (SSSR count). The van der Waals surface area contributed by atoms with E-state index in [4.69, 9.17) is 9.57 Å². The minimum Gasteiger partial charge on any atom is -0.444 e. The van der Waals surface area contributed by atoms with Crippen molar-refractivity contribution in [2.45, 2.75) is 63.1 Å². The Morgan fingerprint density at radius 2 is 1.68 bits per heavy atom. The maximum absolute atomic E-state index is 13.7. The van der Waals surface area contributed by atoms with Crippen LogP contribution < -0.4 is 5.32 Å². The van der Waals surface area contributed by atoms with Crippen molar-refractivity contribution in [3.8, 4) is 0 Å². The zero-order chi connectivity index (χ0) is 24.3. The van der Waals surface area contributed by atoms with Crippen LogP contribution in [0.25, 0.3) is 0 Å². The molecule has 4 amide bonds. The lowest BCUT2D eigenvalue weighted by Crippen LogP contribution is -2.66. The van der Waals surface area contributed by atoms with Crippen LogP contribution in [-0.2, 0) is 40.2 Å². The second kappa shape index (κ2) is 9.72. The van der Waals surface area contributed by atoms with Crippen molar-refractivity contribution in [2.75, 3.05) is 6.54 Å². The molecular formula is C23H25N3O8. The lowest BCUT2D eigenvalue weighted by atomic mass is 9.81. The third kappa shape index (κ3) is 4.43. The van der Waals surface area contributed by atoms with Crippen LogP contribution in [0.15, 0.2) is 30.3 Å². The van der Waals surface area contributed by atoms with E-state index in [1.54, 1.807) is 24.3 Å². The minimum absolute atomic E-state index is 0.0242. The number of piperidine rings is 1. The number of nitrogens with zero attached hydrogens (tertiary/aromatic N) is 2. The smallest absolute Gasteiger partial charge is 0.417 e. The van der Waals surface area contributed by atoms with E-state index in [0.29, 0.717) is 30.0 Å². The number of carbonyl (C=O) groups excluding carboxylic acids is 6. The molecule has 11 nitrogen and oxygen atoms in total. The first kappa shape index (κ1) is 23.6. The molecule has 0 saturated carbocycles. The van der Waals surface area contributed by atoms with Gasteiger partial charge in [-0.05, 0) is 37.8 Å². The van der Waals surface area contributed by atoms with Gasteiger partial charge in [-0.3, -0.25) is 24.5 Å². The third-order valence-corrected chi connectivity index (χ3v) is 6.27. The van der Waals surface area contributed by atoms with Crippen LogP contribution in [0, 0.1) is 0 Å². The second-order valence-corrected chi connectivity index (χ2v) is 8.47. The quantitative estimate of drug-likeness (QED) is 0.475. The Bertz CT molecular complexity index is 1000. The van der Waals surface area contributed by atoms with Crippen molar-refractivity contribution in [3.63, 3.8) is 0 Å². The fourth-order valence-corrected chi connectivity index (χ4v) is 4.44. The molecule has 0 radical (unpaired) electrons. The lowest BCUT2D eigenvalue weighted by Gasteiger charge is -2.37. The van der Waals surface area contributed by atoms with Crippen molar-refractivity contribution >= 4 is 35.6 Å². The van der Waals surface area contributed by atoms with Crippen molar-refractivity contribution in [2.24, 2.45) is 0 Å². The summed E-state index contributed by atoms with van der Waals surface area (Å²) in [5.41, 5.74) is -1.19. The molecule has 180 valence electrons. The van der Waals surface area contributed by atoms with E-state index >= 15 is 0 Å². The maximum atomic E-state index is 13.7. The number of rotatable bonds is 6. The molecule has 3 heterocycles. The normalized spacial score (nSPS) is 24.9. The molecule has 0 spiro atoms. The fraction of sp³-hybridized carbons (Fsp3) is 0.478. The van der Waals surface area contributed by atoms with Gasteiger partial charge in [0.15, 0.2) is 11.3 Å². The Kier molecular flexibility index (Phi) is 6.73. The van der Waals surface area contributed by atoms with Gasteiger partial charge in [-0.2, -0.15) is 0 Å². The van der Waals surface area contributed by atoms with Crippen LogP contribution in [0.5, 0.6) is 0 Å². The van der Waals surface area contributed by atoms with Crippen LogP contribution in [0.2, 0.25) is 0 Å². The molecule has 1 N–H and O–H groups in total. The summed E-state index contributed by atoms with van der Waals surface area (Å²) in [6.45, 7) is 0.219. The van der Waals surface area contributed by atoms with Gasteiger partial charge in [-0.15, -0.1) is 5.06 Å². The van der Waals surface area contributed by atoms with Crippen LogP contribution in [0.3, 0.4) is 0 Å². The largest absolute Gasteiger partial charge is 0.444 e. The minimum atomic E-state index is -1.89. The van der Waals surface area contributed by atoms with Gasteiger partial charge in [0.2, 0.25) is 5.91 Å². The molecule has 3 saturated heterocycles. The van der Waals surface area contributed by atoms with E-state index in [1.807, 2.05) is 6.07 Å². The highest BCUT2D eigenvalue weighted by atomic mass is 16.7. The highest BCUT2D eigenvalue weighted by Gasteiger charge is 2.56. The van der Waals surface area contributed by atoms with Crippen molar-refractivity contribution in [3.05, 3.63) is 35.9 Å². The molecule has 3 aliphatic rings. The zero-order valence-corrected chi connectivity index (χ0v) is 18.5. The van der Waals surface area contributed by atoms with E-state index in [0.717, 1.165) is 4.90 Å². The van der Waals surface area contributed by atoms with E-state index in [9.17, 15) is 28.8 Å². The average molecular weight is 471 g/mol. The first-order valence-corrected chi connectivity index (χ1v) is 11.2. The van der Waals surface area contributed by atoms with Gasteiger partial charge in [0.1, 0.15) is 12.6 Å². The number of hydrogen-bond donors (Lipinski definition) is 1. The Balaban J connectivity index is 1.53. The summed E-state index contributed by atoms with van der Waals surface area (Å²) in [5.74, 6) is -3.74. The predicted molar refractivity (Wildman–Crippen MR) is 113 cm³/mol. The maximum Gasteiger partial charge on any atom is 0.417 e. The Labute approximate surface area is 195 Å². The highest BCUT2D eigenvalue weighted by molar-refractivity contribution is 6.14. The lowest BCUT2D eigenvalue weighted by molar-refractivity contribution is -0.203. The van der Waals surface area contributed by atoms with E-state index in [-0.39, 0.29) is 38.7 Å². The number of carbonyl (C=O) groups is 6. The molecule has 0 aliphatic carbocycles. The summed E-state index contributed by atoms with van der Waals surface area (Å²) in [7, 11) is 0. The summed E-state index contributed by atoms with van der Waals surface area (Å²) >= 11 is 0. The monoisotopic (exact) mass is 471 g/mol. The van der Waals surface area contributed by atoms with Gasteiger partial charge in [0.05, 0.1) is 0 Å². The number of hydroxylamine groups is 2. The summed E-state index contributed by atoms with van der Waals surface area (Å²) in [6.07, 6.45) is 0.0384. The van der Waals surface area contributed by atoms with Crippen molar-refractivity contribution in [1.29, 1.82) is 0 Å². The molecule has 11 heteroatoms. The zero-order valence-electron chi connectivity index (χ0n) is 18.5. The average Bonchev–Trinajstić information content (AvgIpc) is 3.40. The molecule has 1 unspecified atom stereocenters. The third-order valence-electron chi connectivity index (χ3n) is 6.27. The molecule has 1 aromatic rings. The number of amides is 4. The Morgan fingerprint density at radius 3 is 2.32 bits per heavy atom. The topological polar surface area (TPSA) is 139 Å². The van der Waals surface area contributed by atoms with E-state index in [1.165, 1.54) is 0 Å². The van der Waals surface area contributed by atoms with Crippen LogP contribution in [0.1, 0.15) is 50.5 Å². The van der Waals surface area contributed by atoms with E-state index < -0.39 is 47.1 Å². The summed E-state index contributed by atoms with van der Waals surface area (Å²) in [5, 5.41) is 3.27. The summed E-state index contributed by atoms with van der Waals surface area (Å²) in [4.78, 5) is 81.8. The van der Waals surface area contributed by atoms with Gasteiger partial charge < -0.3 is 9.57 Å². The second-order valence-electron chi connectivity index (χ2n) is 8.47. The number of nitrogens with one attached hydrogen (secondary N) is 1. The number of likely N-dealkylation sites (tertiary alicyclic amines) is 1. The van der Waals surface area contributed by atoms with Crippen molar-refractivity contribution < 1.29 is 38.3 Å². The SMILES string of the molecule is O=C1CCC(=O)N1OC(=O)C1(C(=O)[C@H]2CCC(=O)N2C(=O)OCc2ccccc2)CCCCN1. The predicted octanol–water partition coefficient (Wildman–Crippen LogP) is 1.00. The first-order valence-electron chi connectivity index (χ1n) is 11.2. The van der Waals surface area contributed by atoms with Gasteiger partial charge in [-0.1, -0.05) is 30.3 Å². The molecule has 0 bridgehead atoms. The molecule has 34 heavy (non-hydrogen) atoms. The molecule has 2 atom stereocenters. The Hall–Kier alpha value is -3.60. The highest BCUT2D eigenvalue weighted by Crippen LogP contribution is 2.31. The van der Waals surface area contributed by atoms with Crippen LogP contribution >= 0.6 is 0 Å². The summed E-state index contributed by atoms with van der Waals surface area (Å²) in [6, 6.07) is 7.62. The van der Waals surface area contributed by atoms with Gasteiger partial charge >= 0.3 is 12.1 Å². The van der Waals surface area contributed by atoms with E-state index in [2.05, 4.69) is 5.32 Å². The number of hydrogen-bond acceptors (Lipinski definition) is 9. The molecule has 0 aromatic heterocycles. The van der Waals surface area contributed by atoms with Gasteiger partial charge in [-0.25, -0.2) is 14.5 Å². The number of imide groups is 2. The first-order chi connectivity index (χ1) is 16.3. The number of benzene rings is 1. The molecule has 3 aliphatic heterocycles. The number of ketones is 1. The number of ether oxygens (including phenoxy) is 1. The van der Waals surface area contributed by atoms with Crippen LogP contribution in [-0.4, -0.2) is 63.7 Å². The van der Waals surface area contributed by atoms with Crippen molar-refractivity contribution in [1.82, 2.24) is 15.3 Å². The molecule has 3 fully saturated rings. The van der Waals surface area contributed by atoms with Crippen LogP contribution in [0.4, 0.5) is 4.79 Å². The van der Waals surface area contributed by atoms with Gasteiger partial charge in [0, 0.05) is 19.3 Å². The number of Topliss-reactive ketones (excluding diaryl/α,β-unsaturated/α-hetero) is 1. The standard InChI is InChI=1S/C23H25N3O8/c27-17-9-8-16(25(17)22(32)33-14-15-6-2-1-3-7-15)20(30)23(12-4-5-13-24-23)21(31)34-26-18(28)10-11-19(26)29/h1-3,6-7,16,24H,4-5,8-14H2/t16-,23?/m1/s1. The molecule has 1 aromatic carbocycles.